The third kappa shape index (κ3) is 3.92. The number of H-pyrrole nitrogens is 2. The number of aromatic amines is 2. The van der Waals surface area contributed by atoms with E-state index in [9.17, 15) is 0 Å². The van der Waals surface area contributed by atoms with E-state index in [0.717, 1.165) is 43.8 Å². The van der Waals surface area contributed by atoms with Crippen LogP contribution in [0.5, 0.6) is 0 Å². The molecule has 0 fully saturated rings. The van der Waals surface area contributed by atoms with Crippen LogP contribution < -0.4 is 0 Å². The minimum atomic E-state index is 0. The van der Waals surface area contributed by atoms with Gasteiger partial charge in [-0.05, 0) is 0 Å². The third-order valence-corrected chi connectivity index (χ3v) is 7.46. The van der Waals surface area contributed by atoms with Gasteiger partial charge in [0.15, 0.2) is 40.7 Å². The molecule has 0 saturated heterocycles. The molecule has 8 nitrogen and oxygen atoms in total. The zero-order valence-electron chi connectivity index (χ0n) is 21.6. The van der Waals surface area contributed by atoms with Gasteiger partial charge in [0.05, 0.1) is 0 Å². The Morgan fingerprint density at radius 2 is 0.571 bits per heavy atom. The quantitative estimate of drug-likeness (QED) is 0.214. The van der Waals surface area contributed by atoms with Gasteiger partial charge in [-0.2, -0.15) is 0 Å². The first-order chi connectivity index (χ1) is 19.8. The molecule has 10 heteroatoms. The van der Waals surface area contributed by atoms with E-state index >= 15 is 0 Å². The van der Waals surface area contributed by atoms with Crippen LogP contribution in [0.2, 0.25) is 0 Å². The predicted molar refractivity (Wildman–Crippen MR) is 166 cm³/mol. The monoisotopic (exact) mass is 608 g/mol. The molecule has 194 valence electrons. The summed E-state index contributed by atoms with van der Waals surface area (Å²) >= 11 is 0. The van der Waals surface area contributed by atoms with Crippen LogP contribution in [0.1, 0.15) is 0 Å². The molecule has 0 spiro atoms. The van der Waals surface area contributed by atoms with Crippen LogP contribution in [0.15, 0.2) is 97.1 Å². The molecule has 8 bridgehead atoms. The van der Waals surface area contributed by atoms with E-state index in [2.05, 4.69) is 9.97 Å². The van der Waals surface area contributed by atoms with E-state index in [1.165, 1.54) is 0 Å². The summed E-state index contributed by atoms with van der Waals surface area (Å²) in [5.41, 5.74) is 6.45. The van der Waals surface area contributed by atoms with Crippen molar-refractivity contribution in [1.82, 2.24) is 39.9 Å². The molecule has 0 aliphatic carbocycles. The summed E-state index contributed by atoms with van der Waals surface area (Å²) in [6.45, 7) is 0. The van der Waals surface area contributed by atoms with Gasteiger partial charge in [-0.3, -0.25) is 0 Å². The van der Waals surface area contributed by atoms with Crippen molar-refractivity contribution in [3.05, 3.63) is 97.1 Å². The van der Waals surface area contributed by atoms with Crippen molar-refractivity contribution in [3.8, 4) is 45.6 Å². The number of aromatic nitrogens is 8. The Morgan fingerprint density at radius 1 is 0.333 bits per heavy atom. The second kappa shape index (κ2) is 10.0. The molecule has 2 N–H and O–H groups in total. The number of rotatable bonds is 0. The fraction of sp³-hybridized carbons (Fsp3) is 0. The van der Waals surface area contributed by atoms with Crippen LogP contribution >= 0.6 is 0 Å². The van der Waals surface area contributed by atoms with Crippen LogP contribution in [-0.2, 0) is 19.5 Å². The first-order valence-corrected chi connectivity index (χ1v) is 13.0. The molecule has 0 saturated carbocycles. The molecule has 0 amide bonds. The Morgan fingerprint density at radius 3 is 0.833 bits per heavy atom. The number of fused-ring (bicyclic) bond motifs is 20. The Hall–Kier alpha value is -4.60. The van der Waals surface area contributed by atoms with Crippen molar-refractivity contribution >= 4 is 61.5 Å². The van der Waals surface area contributed by atoms with Gasteiger partial charge in [0.25, 0.3) is 0 Å². The number of hydrogen-bond donors (Lipinski definition) is 2. The Labute approximate surface area is 262 Å². The van der Waals surface area contributed by atoms with Gasteiger partial charge in [0, 0.05) is 63.3 Å². The fourth-order valence-corrected chi connectivity index (χ4v) is 5.59. The molecule has 0 atom stereocenters. The molecule has 5 heterocycles. The molecule has 0 radical (unpaired) electrons. The maximum Gasteiger partial charge on any atom is 0.187 e. The van der Waals surface area contributed by atoms with Crippen molar-refractivity contribution in [3.63, 3.8) is 0 Å². The Kier molecular flexibility index (Phi) is 6.29. The summed E-state index contributed by atoms with van der Waals surface area (Å²) in [4.78, 5) is 36.8. The van der Waals surface area contributed by atoms with Gasteiger partial charge >= 0.3 is 0 Å². The van der Waals surface area contributed by atoms with Crippen molar-refractivity contribution in [2.24, 2.45) is 0 Å². The summed E-state index contributed by atoms with van der Waals surface area (Å²) in [6, 6.07) is 32.2. The zero-order valence-corrected chi connectivity index (χ0v) is 24.6. The first kappa shape index (κ1) is 26.3. The summed E-state index contributed by atoms with van der Waals surface area (Å²) < 4.78 is 0. The van der Waals surface area contributed by atoms with Gasteiger partial charge in [-0.1, -0.05) is 97.1 Å². The van der Waals surface area contributed by atoms with Crippen molar-refractivity contribution in [2.75, 3.05) is 0 Å². The standard InChI is InChI=1S/C32H18N8.Al.Zn.3H/c1-2-10-18-17(9-1)25-33-26(18)38-28-21-13-5-6-14-22(21)30(35-28)40-32-24-16-8-7-15-23(24)31(36-32)39-29-20-12-4-3-11-19(20)27(34-29)37-25;;;;;/h1-16H,(H2,33,34,35,36,37,38,39,40);;;;;. The summed E-state index contributed by atoms with van der Waals surface area (Å²) in [5, 5.41) is 3.82. The van der Waals surface area contributed by atoms with Crippen LogP contribution in [-0.4, -0.2) is 57.2 Å². The van der Waals surface area contributed by atoms with Crippen LogP contribution in [0.25, 0.3) is 89.7 Å². The molecule has 2 aliphatic rings. The second-order valence-corrected chi connectivity index (χ2v) is 9.79. The average molecular weight is 610 g/mol. The minimum Gasteiger partial charge on any atom is -0.324 e. The van der Waals surface area contributed by atoms with Gasteiger partial charge < -0.3 is 9.97 Å². The number of nitrogens with zero attached hydrogens (tertiary/aromatic N) is 6. The van der Waals surface area contributed by atoms with E-state index in [4.69, 9.17) is 29.9 Å². The number of benzene rings is 4. The minimum absolute atomic E-state index is 0. The Balaban J connectivity index is 0.00000144. The molecule has 0 unspecified atom stereocenters. The normalized spacial score (nSPS) is 11.4. The Bertz CT molecular complexity index is 2040. The van der Waals surface area contributed by atoms with Gasteiger partial charge in [0.1, 0.15) is 22.6 Å². The van der Waals surface area contributed by atoms with E-state index in [0.29, 0.717) is 45.9 Å². The first-order valence-electron chi connectivity index (χ1n) is 13.0. The van der Waals surface area contributed by atoms with Gasteiger partial charge in [-0.15, -0.1) is 0 Å². The molecule has 4 aromatic carbocycles. The van der Waals surface area contributed by atoms with Gasteiger partial charge in [-0.25, -0.2) is 29.9 Å². The molecule has 2 aliphatic heterocycles. The molecule has 7 aromatic rings. The van der Waals surface area contributed by atoms with Crippen molar-refractivity contribution in [2.45, 2.75) is 0 Å². The maximum absolute atomic E-state index is 5.02. The number of nitrogens with one attached hydrogen (secondary N) is 2. The fourth-order valence-electron chi connectivity index (χ4n) is 5.59. The third-order valence-electron chi connectivity index (χ3n) is 7.46. The SMILES string of the molecule is [AlH3].[Zn].c1ccc2c(c1)-c1nc-2nc2[nH]c(nc3nc(nc4[nH]c(n1)c1ccccc41)-c1ccccc1-3)c1ccccc21. The largest absolute Gasteiger partial charge is 0.324 e. The zero-order chi connectivity index (χ0) is 26.2. The summed E-state index contributed by atoms with van der Waals surface area (Å²) in [6.07, 6.45) is 0. The van der Waals surface area contributed by atoms with Crippen molar-refractivity contribution in [1.29, 1.82) is 0 Å². The molecule has 9 rings (SSSR count). The topological polar surface area (TPSA) is 109 Å². The van der Waals surface area contributed by atoms with E-state index in [-0.39, 0.29) is 36.8 Å². The molecule has 42 heavy (non-hydrogen) atoms. The second-order valence-electron chi connectivity index (χ2n) is 9.79. The summed E-state index contributed by atoms with van der Waals surface area (Å²) in [5.74, 6) is 2.39. The van der Waals surface area contributed by atoms with Gasteiger partial charge in [0.2, 0.25) is 0 Å². The van der Waals surface area contributed by atoms with Crippen LogP contribution in [0.3, 0.4) is 0 Å². The smallest absolute Gasteiger partial charge is 0.187 e. The maximum atomic E-state index is 5.02. The molecular weight excluding hydrogens is 589 g/mol. The van der Waals surface area contributed by atoms with E-state index < -0.39 is 0 Å². The van der Waals surface area contributed by atoms with Crippen molar-refractivity contribution < 1.29 is 19.5 Å². The van der Waals surface area contributed by atoms with E-state index in [1.54, 1.807) is 0 Å². The molecular formula is C32H21AlN8Zn. The van der Waals surface area contributed by atoms with Crippen LogP contribution in [0, 0.1) is 0 Å². The molecule has 3 aromatic heterocycles. The average Bonchev–Trinajstić information content (AvgIpc) is 3.73. The van der Waals surface area contributed by atoms with Crippen LogP contribution in [0.4, 0.5) is 0 Å². The summed E-state index contributed by atoms with van der Waals surface area (Å²) in [7, 11) is 0. The van der Waals surface area contributed by atoms with E-state index in [1.807, 2.05) is 97.1 Å². The predicted octanol–water partition coefficient (Wildman–Crippen LogP) is 5.68. The number of hydrogen-bond acceptors (Lipinski definition) is 6.